The van der Waals surface area contributed by atoms with Crippen LogP contribution < -0.4 is 24.0 Å². The Morgan fingerprint density at radius 1 is 1.00 bits per heavy atom. The minimum absolute atomic E-state index is 0.00151. The number of alkyl halides is 2. The average Bonchev–Trinajstić information content (AvgIpc) is 2.79. The van der Waals surface area contributed by atoms with Crippen LogP contribution in [0.5, 0.6) is 17.2 Å². The molecule has 3 aromatic rings. The van der Waals surface area contributed by atoms with E-state index in [4.69, 9.17) is 9.47 Å². The molecule has 0 saturated carbocycles. The third kappa shape index (κ3) is 4.27. The number of benzene rings is 2. The highest BCUT2D eigenvalue weighted by atomic mass is 19.3. The Hall–Kier alpha value is -3.88. The summed E-state index contributed by atoms with van der Waals surface area (Å²) in [6, 6.07) is 14.4. The van der Waals surface area contributed by atoms with Crippen molar-refractivity contribution in [3.05, 3.63) is 66.5 Å². The van der Waals surface area contributed by atoms with Gasteiger partial charge in [-0.05, 0) is 55.5 Å². The van der Waals surface area contributed by atoms with E-state index in [0.717, 1.165) is 0 Å². The number of aromatic nitrogens is 1. The predicted octanol–water partition coefficient (Wildman–Crippen LogP) is 5.37. The predicted molar refractivity (Wildman–Crippen MR) is 115 cm³/mol. The van der Waals surface area contributed by atoms with Gasteiger partial charge in [-0.3, -0.25) is 14.8 Å². The second-order valence-corrected chi connectivity index (χ2v) is 6.84. The zero-order valence-electron chi connectivity index (χ0n) is 17.5. The van der Waals surface area contributed by atoms with E-state index in [0.29, 0.717) is 40.9 Å². The summed E-state index contributed by atoms with van der Waals surface area (Å²) in [4.78, 5) is 21.1. The van der Waals surface area contributed by atoms with Crippen molar-refractivity contribution in [3.63, 3.8) is 0 Å². The van der Waals surface area contributed by atoms with E-state index >= 15 is 0 Å². The summed E-state index contributed by atoms with van der Waals surface area (Å²) < 4.78 is 40.2. The number of ether oxygens (including phenoxy) is 3. The van der Waals surface area contributed by atoms with E-state index in [9.17, 15) is 13.6 Å². The fourth-order valence-corrected chi connectivity index (χ4v) is 3.46. The summed E-state index contributed by atoms with van der Waals surface area (Å²) in [5.41, 5.74) is 2.37. The zero-order valence-corrected chi connectivity index (χ0v) is 17.5. The number of hydrogen-bond acceptors (Lipinski definition) is 5. The second-order valence-electron chi connectivity index (χ2n) is 6.84. The Morgan fingerprint density at radius 3 is 2.28 bits per heavy atom. The van der Waals surface area contributed by atoms with Gasteiger partial charge >= 0.3 is 12.6 Å². The molecule has 2 amide bonds. The number of amides is 2. The average molecular weight is 441 g/mol. The molecule has 0 unspecified atom stereocenters. The number of fused-ring (bicyclic) bond motifs is 1. The molecule has 0 aliphatic carbocycles. The van der Waals surface area contributed by atoms with Crippen LogP contribution >= 0.6 is 0 Å². The molecule has 2 aromatic carbocycles. The van der Waals surface area contributed by atoms with Crippen molar-refractivity contribution in [2.75, 3.05) is 23.5 Å². The van der Waals surface area contributed by atoms with E-state index in [2.05, 4.69) is 9.72 Å². The SMILES string of the molecule is CCOc1cnc2c(c1)N(c1ccc(OC(F)F)cc1)C(=O)N(c1ccc(OC)cc1)C2. The summed E-state index contributed by atoms with van der Waals surface area (Å²) in [6.07, 6.45) is 1.61. The molecule has 1 aliphatic heterocycles. The van der Waals surface area contributed by atoms with Gasteiger partial charge in [-0.2, -0.15) is 8.78 Å². The fourth-order valence-electron chi connectivity index (χ4n) is 3.46. The number of methoxy groups -OCH3 is 1. The number of urea groups is 1. The maximum Gasteiger partial charge on any atom is 0.387 e. The van der Waals surface area contributed by atoms with E-state index < -0.39 is 6.61 Å². The number of hydrogen-bond donors (Lipinski definition) is 0. The van der Waals surface area contributed by atoms with Crippen molar-refractivity contribution in [2.45, 2.75) is 20.1 Å². The Morgan fingerprint density at radius 2 is 1.66 bits per heavy atom. The van der Waals surface area contributed by atoms with Crippen LogP contribution in [0.4, 0.5) is 30.6 Å². The largest absolute Gasteiger partial charge is 0.497 e. The zero-order chi connectivity index (χ0) is 22.7. The smallest absolute Gasteiger partial charge is 0.387 e. The van der Waals surface area contributed by atoms with Crippen LogP contribution in [0.2, 0.25) is 0 Å². The van der Waals surface area contributed by atoms with Gasteiger partial charge in [-0.15, -0.1) is 0 Å². The number of carbonyl (C=O) groups excluding carboxylic acids is 1. The summed E-state index contributed by atoms with van der Waals surface area (Å²) in [5, 5.41) is 0. The first-order chi connectivity index (χ1) is 15.5. The van der Waals surface area contributed by atoms with Gasteiger partial charge in [0.05, 0.1) is 43.5 Å². The molecule has 0 spiro atoms. The molecule has 1 aromatic heterocycles. The van der Waals surface area contributed by atoms with E-state index in [1.807, 2.05) is 6.92 Å². The Bertz CT molecular complexity index is 1090. The summed E-state index contributed by atoms with van der Waals surface area (Å²) >= 11 is 0. The van der Waals surface area contributed by atoms with Gasteiger partial charge in [-0.1, -0.05) is 0 Å². The number of carbonyl (C=O) groups is 1. The van der Waals surface area contributed by atoms with E-state index in [1.54, 1.807) is 60.7 Å². The lowest BCUT2D eigenvalue weighted by atomic mass is 10.1. The van der Waals surface area contributed by atoms with Gasteiger partial charge in [0.1, 0.15) is 17.2 Å². The first kappa shape index (κ1) is 21.4. The molecule has 0 fully saturated rings. The van der Waals surface area contributed by atoms with Crippen molar-refractivity contribution in [3.8, 4) is 17.2 Å². The quantitative estimate of drug-likeness (QED) is 0.493. The van der Waals surface area contributed by atoms with Crippen molar-refractivity contribution < 1.29 is 27.8 Å². The Kier molecular flexibility index (Phi) is 6.07. The molecule has 1 aliphatic rings. The minimum Gasteiger partial charge on any atom is -0.497 e. The number of rotatable bonds is 7. The van der Waals surface area contributed by atoms with Crippen LogP contribution in [0.15, 0.2) is 60.8 Å². The van der Waals surface area contributed by atoms with Crippen LogP contribution in [0, 0.1) is 0 Å². The number of nitrogens with zero attached hydrogens (tertiary/aromatic N) is 3. The van der Waals surface area contributed by atoms with E-state index in [-0.39, 0.29) is 18.3 Å². The minimum atomic E-state index is -2.93. The maximum absolute atomic E-state index is 13.6. The molecule has 0 atom stereocenters. The molecule has 166 valence electrons. The third-order valence-electron chi connectivity index (χ3n) is 4.91. The van der Waals surface area contributed by atoms with E-state index in [1.165, 1.54) is 17.0 Å². The number of pyridine rings is 1. The monoisotopic (exact) mass is 441 g/mol. The molecule has 2 heterocycles. The lowest BCUT2D eigenvalue weighted by Gasteiger charge is -2.36. The Labute approximate surface area is 183 Å². The molecule has 0 N–H and O–H groups in total. The molecular formula is C23H21F2N3O4. The molecular weight excluding hydrogens is 420 g/mol. The van der Waals surface area contributed by atoms with Crippen molar-refractivity contribution in [1.29, 1.82) is 0 Å². The van der Waals surface area contributed by atoms with Gasteiger partial charge in [0, 0.05) is 11.8 Å². The van der Waals surface area contributed by atoms with Crippen LogP contribution in [-0.4, -0.2) is 31.3 Å². The topological polar surface area (TPSA) is 64.1 Å². The Balaban J connectivity index is 1.76. The van der Waals surface area contributed by atoms with Crippen LogP contribution in [0.25, 0.3) is 0 Å². The molecule has 7 nitrogen and oxygen atoms in total. The normalized spacial score (nSPS) is 13.2. The standard InChI is InChI=1S/C23H21F2N3O4/c1-3-31-19-12-21-20(26-13-19)14-27(15-4-8-17(30-2)9-5-15)23(29)28(21)16-6-10-18(11-7-16)32-22(24)25/h4-13,22H,3,14H2,1-2H3. The molecule has 0 bridgehead atoms. The molecule has 0 radical (unpaired) electrons. The van der Waals surface area contributed by atoms with Crippen molar-refractivity contribution in [2.24, 2.45) is 0 Å². The molecule has 32 heavy (non-hydrogen) atoms. The highest BCUT2D eigenvalue weighted by molar-refractivity contribution is 6.10. The van der Waals surface area contributed by atoms with Crippen LogP contribution in [0.3, 0.4) is 0 Å². The lowest BCUT2D eigenvalue weighted by Crippen LogP contribution is -2.45. The van der Waals surface area contributed by atoms with Gasteiger partial charge in [0.25, 0.3) is 0 Å². The maximum atomic E-state index is 13.6. The van der Waals surface area contributed by atoms with Gasteiger partial charge in [0.2, 0.25) is 0 Å². The van der Waals surface area contributed by atoms with Gasteiger partial charge in [0.15, 0.2) is 0 Å². The second kappa shape index (κ2) is 9.09. The lowest BCUT2D eigenvalue weighted by molar-refractivity contribution is -0.0498. The van der Waals surface area contributed by atoms with Crippen LogP contribution in [0.1, 0.15) is 12.6 Å². The molecule has 0 saturated heterocycles. The first-order valence-corrected chi connectivity index (χ1v) is 9.92. The van der Waals surface area contributed by atoms with Crippen LogP contribution in [-0.2, 0) is 6.54 Å². The fraction of sp³-hybridized carbons (Fsp3) is 0.217. The van der Waals surface area contributed by atoms with Gasteiger partial charge < -0.3 is 14.2 Å². The van der Waals surface area contributed by atoms with Gasteiger partial charge in [-0.25, -0.2) is 4.79 Å². The van der Waals surface area contributed by atoms with Crippen molar-refractivity contribution >= 4 is 23.1 Å². The number of anilines is 3. The molecule has 9 heteroatoms. The third-order valence-corrected chi connectivity index (χ3v) is 4.91. The summed E-state index contributed by atoms with van der Waals surface area (Å²) in [7, 11) is 1.57. The first-order valence-electron chi connectivity index (χ1n) is 9.92. The van der Waals surface area contributed by atoms with Crippen molar-refractivity contribution in [1.82, 2.24) is 4.98 Å². The highest BCUT2D eigenvalue weighted by Crippen LogP contribution is 2.38. The summed E-state index contributed by atoms with van der Waals surface area (Å²) in [6.45, 7) is -0.362. The summed E-state index contributed by atoms with van der Waals surface area (Å²) in [5.74, 6) is 1.20. The highest BCUT2D eigenvalue weighted by Gasteiger charge is 2.34. The molecule has 4 rings (SSSR count). The number of halogens is 2.